The van der Waals surface area contributed by atoms with Crippen LogP contribution in [0.15, 0.2) is 36.4 Å². The largest absolute Gasteiger partial charge is 0.416 e. The molecule has 3 nitrogen and oxygen atoms in total. The summed E-state index contributed by atoms with van der Waals surface area (Å²) < 4.78 is 38.4. The van der Waals surface area contributed by atoms with Crippen molar-refractivity contribution in [2.45, 2.75) is 19.1 Å². The van der Waals surface area contributed by atoms with Gasteiger partial charge in [0.05, 0.1) is 15.9 Å². The van der Waals surface area contributed by atoms with Crippen LogP contribution in [0.3, 0.4) is 0 Å². The molecule has 1 unspecified atom stereocenters. The molecular formula is C14H12ClF3N2OS. The average molecular weight is 349 g/mol. The van der Waals surface area contributed by atoms with Crippen molar-refractivity contribution in [1.29, 1.82) is 0 Å². The number of nitrogens with one attached hydrogen (secondary N) is 2. The van der Waals surface area contributed by atoms with E-state index >= 15 is 0 Å². The molecule has 0 saturated carbocycles. The third-order valence-electron chi connectivity index (χ3n) is 2.82. The molecule has 1 aromatic carbocycles. The SMILES string of the molecule is CC(NC(=O)Nc1cccc(C(F)(F)F)c1)c1ccc(Cl)s1. The third-order valence-corrected chi connectivity index (χ3v) is 4.23. The summed E-state index contributed by atoms with van der Waals surface area (Å²) in [5.74, 6) is 0. The number of halogens is 4. The summed E-state index contributed by atoms with van der Waals surface area (Å²) in [7, 11) is 0. The van der Waals surface area contributed by atoms with E-state index < -0.39 is 17.8 Å². The number of carbonyl (C=O) groups is 1. The first-order valence-corrected chi connectivity index (χ1v) is 7.45. The fraction of sp³-hybridized carbons (Fsp3) is 0.214. The van der Waals surface area contributed by atoms with Crippen LogP contribution in [0, 0.1) is 0 Å². The van der Waals surface area contributed by atoms with Gasteiger partial charge in [0.15, 0.2) is 0 Å². The topological polar surface area (TPSA) is 41.1 Å². The summed E-state index contributed by atoms with van der Waals surface area (Å²) in [6.07, 6.45) is -4.45. The van der Waals surface area contributed by atoms with Crippen LogP contribution in [0.4, 0.5) is 23.7 Å². The van der Waals surface area contributed by atoms with E-state index in [9.17, 15) is 18.0 Å². The van der Waals surface area contributed by atoms with Crippen LogP contribution in [0.25, 0.3) is 0 Å². The lowest BCUT2D eigenvalue weighted by molar-refractivity contribution is -0.137. The van der Waals surface area contributed by atoms with E-state index in [0.717, 1.165) is 17.0 Å². The van der Waals surface area contributed by atoms with Gasteiger partial charge in [-0.3, -0.25) is 0 Å². The molecule has 2 rings (SSSR count). The van der Waals surface area contributed by atoms with Crippen LogP contribution in [-0.4, -0.2) is 6.03 Å². The molecular weight excluding hydrogens is 337 g/mol. The minimum Gasteiger partial charge on any atom is -0.331 e. The second-order valence-corrected chi connectivity index (χ2v) is 6.29. The van der Waals surface area contributed by atoms with Crippen molar-refractivity contribution < 1.29 is 18.0 Å². The van der Waals surface area contributed by atoms with Gasteiger partial charge in [0.2, 0.25) is 0 Å². The van der Waals surface area contributed by atoms with Gasteiger partial charge in [-0.2, -0.15) is 13.2 Å². The highest BCUT2D eigenvalue weighted by molar-refractivity contribution is 7.16. The lowest BCUT2D eigenvalue weighted by Gasteiger charge is -2.14. The highest BCUT2D eigenvalue weighted by Gasteiger charge is 2.30. The van der Waals surface area contributed by atoms with E-state index in [1.165, 1.54) is 23.5 Å². The van der Waals surface area contributed by atoms with Crippen LogP contribution >= 0.6 is 22.9 Å². The molecule has 1 atom stereocenters. The Kier molecular flexibility index (Phi) is 4.97. The molecule has 1 heterocycles. The molecule has 0 fully saturated rings. The maximum Gasteiger partial charge on any atom is 0.416 e. The number of carbonyl (C=O) groups excluding carboxylic acids is 1. The molecule has 0 radical (unpaired) electrons. The monoisotopic (exact) mass is 348 g/mol. The summed E-state index contributed by atoms with van der Waals surface area (Å²) >= 11 is 7.14. The quantitative estimate of drug-likeness (QED) is 0.776. The van der Waals surface area contributed by atoms with Crippen LogP contribution in [0.1, 0.15) is 23.4 Å². The van der Waals surface area contributed by atoms with Crippen molar-refractivity contribution in [2.24, 2.45) is 0 Å². The van der Waals surface area contributed by atoms with Gasteiger partial charge < -0.3 is 10.6 Å². The summed E-state index contributed by atoms with van der Waals surface area (Å²) in [4.78, 5) is 12.7. The lowest BCUT2D eigenvalue weighted by Crippen LogP contribution is -2.30. The molecule has 2 N–H and O–H groups in total. The maximum atomic E-state index is 12.6. The molecule has 0 bridgehead atoms. The first-order valence-electron chi connectivity index (χ1n) is 6.26. The van der Waals surface area contributed by atoms with Gasteiger partial charge >= 0.3 is 12.2 Å². The highest BCUT2D eigenvalue weighted by Crippen LogP contribution is 2.31. The Bertz CT molecular complexity index is 672. The van der Waals surface area contributed by atoms with Crippen molar-refractivity contribution >= 4 is 34.7 Å². The Labute approximate surface area is 134 Å². The van der Waals surface area contributed by atoms with Crippen molar-refractivity contribution in [3.8, 4) is 0 Å². The van der Waals surface area contributed by atoms with Gasteiger partial charge in [0.25, 0.3) is 0 Å². The van der Waals surface area contributed by atoms with Crippen LogP contribution in [0.5, 0.6) is 0 Å². The first kappa shape index (κ1) is 16.6. The molecule has 0 saturated heterocycles. The number of rotatable bonds is 3. The first-order chi connectivity index (χ1) is 10.3. The van der Waals surface area contributed by atoms with E-state index in [1.807, 2.05) is 0 Å². The zero-order chi connectivity index (χ0) is 16.3. The van der Waals surface area contributed by atoms with E-state index in [0.29, 0.717) is 4.34 Å². The van der Waals surface area contributed by atoms with Gasteiger partial charge in [-0.05, 0) is 37.3 Å². The molecule has 0 aliphatic rings. The molecule has 2 amide bonds. The van der Waals surface area contributed by atoms with Gasteiger partial charge in [0.1, 0.15) is 0 Å². The van der Waals surface area contributed by atoms with E-state index in [-0.39, 0.29) is 11.7 Å². The number of alkyl halides is 3. The number of amides is 2. The highest BCUT2D eigenvalue weighted by atomic mass is 35.5. The van der Waals surface area contributed by atoms with E-state index in [2.05, 4.69) is 10.6 Å². The minimum atomic E-state index is -4.45. The minimum absolute atomic E-state index is 0.0729. The number of hydrogen-bond donors (Lipinski definition) is 2. The number of urea groups is 1. The second-order valence-electron chi connectivity index (χ2n) is 4.54. The predicted octanol–water partition coefficient (Wildman–Crippen LogP) is 5.30. The number of thiophene rings is 1. The Hall–Kier alpha value is -1.73. The molecule has 8 heteroatoms. The molecule has 1 aromatic heterocycles. The predicted molar refractivity (Wildman–Crippen MR) is 81.3 cm³/mol. The zero-order valence-electron chi connectivity index (χ0n) is 11.4. The number of anilines is 1. The molecule has 0 aliphatic carbocycles. The number of hydrogen-bond acceptors (Lipinski definition) is 2. The van der Waals surface area contributed by atoms with Gasteiger partial charge in [0, 0.05) is 10.6 Å². The summed E-state index contributed by atoms with van der Waals surface area (Å²) in [5, 5.41) is 5.02. The fourth-order valence-electron chi connectivity index (χ4n) is 1.77. The summed E-state index contributed by atoms with van der Waals surface area (Å²) in [6.45, 7) is 1.76. The Morgan fingerprint density at radius 1 is 1.27 bits per heavy atom. The standard InChI is InChI=1S/C14H12ClF3N2OS/c1-8(11-5-6-12(15)22-11)19-13(21)20-10-4-2-3-9(7-10)14(16,17)18/h2-8H,1H3,(H2,19,20,21). The fourth-order valence-corrected chi connectivity index (χ4v) is 2.83. The average Bonchev–Trinajstić information content (AvgIpc) is 2.84. The molecule has 0 aliphatic heterocycles. The van der Waals surface area contributed by atoms with Crippen molar-refractivity contribution in [3.63, 3.8) is 0 Å². The molecule has 2 aromatic rings. The van der Waals surface area contributed by atoms with E-state index in [4.69, 9.17) is 11.6 Å². The van der Waals surface area contributed by atoms with Crippen molar-refractivity contribution in [2.75, 3.05) is 5.32 Å². The van der Waals surface area contributed by atoms with Crippen LogP contribution in [-0.2, 0) is 6.18 Å². The molecule has 118 valence electrons. The smallest absolute Gasteiger partial charge is 0.331 e. The van der Waals surface area contributed by atoms with Crippen LogP contribution in [0.2, 0.25) is 4.34 Å². The number of benzene rings is 1. The van der Waals surface area contributed by atoms with Gasteiger partial charge in [-0.1, -0.05) is 17.7 Å². The maximum absolute atomic E-state index is 12.6. The van der Waals surface area contributed by atoms with Crippen LogP contribution < -0.4 is 10.6 Å². The Morgan fingerprint density at radius 3 is 2.59 bits per heavy atom. The zero-order valence-corrected chi connectivity index (χ0v) is 12.9. The van der Waals surface area contributed by atoms with Crippen molar-refractivity contribution in [1.82, 2.24) is 5.32 Å². The third kappa shape index (κ3) is 4.38. The summed E-state index contributed by atoms with van der Waals surface area (Å²) in [6, 6.07) is 7.06. The van der Waals surface area contributed by atoms with Gasteiger partial charge in [-0.25, -0.2) is 4.79 Å². The van der Waals surface area contributed by atoms with Crippen molar-refractivity contribution in [3.05, 3.63) is 51.2 Å². The summed E-state index contributed by atoms with van der Waals surface area (Å²) in [5.41, 5.74) is -0.743. The normalized spacial score (nSPS) is 12.8. The Balaban J connectivity index is 2.00. The molecule has 0 spiro atoms. The molecule has 22 heavy (non-hydrogen) atoms. The van der Waals surface area contributed by atoms with Gasteiger partial charge in [-0.15, -0.1) is 11.3 Å². The second kappa shape index (κ2) is 6.58. The lowest BCUT2D eigenvalue weighted by atomic mass is 10.2. The van der Waals surface area contributed by atoms with E-state index in [1.54, 1.807) is 19.1 Å². The Morgan fingerprint density at radius 2 is 2.00 bits per heavy atom.